The van der Waals surface area contributed by atoms with E-state index < -0.39 is 0 Å². The van der Waals surface area contributed by atoms with Gasteiger partial charge in [-0.15, -0.1) is 0 Å². The molecule has 2 heteroatoms. The molecular weight excluding hydrogens is 184 g/mol. The van der Waals surface area contributed by atoms with Gasteiger partial charge in [0.05, 0.1) is 0 Å². The molecule has 1 saturated heterocycles. The van der Waals surface area contributed by atoms with Crippen LogP contribution in [0.1, 0.15) is 12.5 Å². The van der Waals surface area contributed by atoms with E-state index in [0.29, 0.717) is 6.04 Å². The Kier molecular flexibility index (Phi) is 3.39. The molecule has 15 heavy (non-hydrogen) atoms. The van der Waals surface area contributed by atoms with Crippen LogP contribution in [-0.2, 0) is 6.54 Å². The van der Waals surface area contributed by atoms with E-state index in [0.717, 1.165) is 6.54 Å². The standard InChI is InChI=1S/C13H20N2/c1-12-10-15(9-8-14(12)2)11-13-6-4-3-5-7-13/h3-7,12H,8-11H2,1-2H3. The first kappa shape index (κ1) is 10.7. The highest BCUT2D eigenvalue weighted by Crippen LogP contribution is 2.11. The summed E-state index contributed by atoms with van der Waals surface area (Å²) >= 11 is 0. The Morgan fingerprint density at radius 3 is 2.60 bits per heavy atom. The second-order valence-electron chi connectivity index (χ2n) is 4.55. The molecule has 82 valence electrons. The molecule has 1 fully saturated rings. The van der Waals surface area contributed by atoms with Gasteiger partial charge in [0.2, 0.25) is 0 Å². The van der Waals surface area contributed by atoms with Crippen molar-refractivity contribution < 1.29 is 0 Å². The smallest absolute Gasteiger partial charge is 0.0234 e. The van der Waals surface area contributed by atoms with Crippen molar-refractivity contribution in [3.05, 3.63) is 35.9 Å². The summed E-state index contributed by atoms with van der Waals surface area (Å²) in [5, 5.41) is 0. The zero-order chi connectivity index (χ0) is 10.7. The van der Waals surface area contributed by atoms with Crippen LogP contribution in [0.15, 0.2) is 30.3 Å². The summed E-state index contributed by atoms with van der Waals surface area (Å²) in [6, 6.07) is 11.4. The Labute approximate surface area is 92.5 Å². The first-order valence-corrected chi connectivity index (χ1v) is 5.72. The minimum absolute atomic E-state index is 0.683. The molecule has 0 radical (unpaired) electrons. The van der Waals surface area contributed by atoms with Crippen molar-refractivity contribution in [1.82, 2.24) is 9.80 Å². The Hall–Kier alpha value is -0.860. The van der Waals surface area contributed by atoms with Crippen LogP contribution in [0.25, 0.3) is 0 Å². The second kappa shape index (κ2) is 4.77. The van der Waals surface area contributed by atoms with Crippen LogP contribution in [-0.4, -0.2) is 42.5 Å². The quantitative estimate of drug-likeness (QED) is 0.725. The lowest BCUT2D eigenvalue weighted by atomic mass is 10.1. The summed E-state index contributed by atoms with van der Waals surface area (Å²) < 4.78 is 0. The highest BCUT2D eigenvalue weighted by atomic mass is 15.3. The number of nitrogens with zero attached hydrogens (tertiary/aromatic N) is 2. The fourth-order valence-electron chi connectivity index (χ4n) is 2.11. The molecule has 1 aliphatic heterocycles. The predicted molar refractivity (Wildman–Crippen MR) is 63.8 cm³/mol. The average Bonchev–Trinajstić information content (AvgIpc) is 2.25. The molecule has 2 rings (SSSR count). The Bertz CT molecular complexity index is 297. The van der Waals surface area contributed by atoms with Crippen LogP contribution in [0, 0.1) is 0 Å². The van der Waals surface area contributed by atoms with Gasteiger partial charge in [0, 0.05) is 32.2 Å². The van der Waals surface area contributed by atoms with Gasteiger partial charge in [0.25, 0.3) is 0 Å². The van der Waals surface area contributed by atoms with E-state index in [9.17, 15) is 0 Å². The third-order valence-electron chi connectivity index (χ3n) is 3.29. The Morgan fingerprint density at radius 2 is 1.93 bits per heavy atom. The normalized spacial score (nSPS) is 24.3. The fourth-order valence-corrected chi connectivity index (χ4v) is 2.11. The van der Waals surface area contributed by atoms with Crippen LogP contribution in [0.3, 0.4) is 0 Å². The van der Waals surface area contributed by atoms with Crippen molar-refractivity contribution in [2.45, 2.75) is 19.5 Å². The summed E-state index contributed by atoms with van der Waals surface area (Å²) in [5.74, 6) is 0. The Balaban J connectivity index is 1.91. The zero-order valence-corrected chi connectivity index (χ0v) is 9.69. The van der Waals surface area contributed by atoms with Crippen molar-refractivity contribution >= 4 is 0 Å². The van der Waals surface area contributed by atoms with Crippen molar-refractivity contribution in [1.29, 1.82) is 0 Å². The topological polar surface area (TPSA) is 6.48 Å². The van der Waals surface area contributed by atoms with Gasteiger partial charge in [0.1, 0.15) is 0 Å². The van der Waals surface area contributed by atoms with Gasteiger partial charge in [-0.2, -0.15) is 0 Å². The maximum Gasteiger partial charge on any atom is 0.0234 e. The molecule has 2 nitrogen and oxygen atoms in total. The zero-order valence-electron chi connectivity index (χ0n) is 9.69. The molecule has 1 heterocycles. The number of hydrogen-bond donors (Lipinski definition) is 0. The minimum Gasteiger partial charge on any atom is -0.301 e. The molecular formula is C13H20N2. The average molecular weight is 204 g/mol. The molecule has 1 aromatic rings. The fraction of sp³-hybridized carbons (Fsp3) is 0.538. The van der Waals surface area contributed by atoms with Gasteiger partial charge < -0.3 is 4.90 Å². The van der Waals surface area contributed by atoms with Crippen LogP contribution >= 0.6 is 0 Å². The lowest BCUT2D eigenvalue weighted by Crippen LogP contribution is -2.49. The molecule has 0 amide bonds. The maximum atomic E-state index is 2.54. The van der Waals surface area contributed by atoms with Gasteiger partial charge >= 0.3 is 0 Å². The summed E-state index contributed by atoms with van der Waals surface area (Å²) in [6.45, 7) is 6.96. The number of piperazine rings is 1. The number of hydrogen-bond acceptors (Lipinski definition) is 2. The van der Waals surface area contributed by atoms with E-state index in [-0.39, 0.29) is 0 Å². The Morgan fingerprint density at radius 1 is 1.20 bits per heavy atom. The van der Waals surface area contributed by atoms with Crippen molar-refractivity contribution in [2.75, 3.05) is 26.7 Å². The van der Waals surface area contributed by atoms with Crippen LogP contribution in [0.4, 0.5) is 0 Å². The van der Waals surface area contributed by atoms with E-state index in [1.54, 1.807) is 0 Å². The lowest BCUT2D eigenvalue weighted by molar-refractivity contribution is 0.1000. The number of likely N-dealkylation sites (N-methyl/N-ethyl adjacent to an activating group) is 1. The third kappa shape index (κ3) is 2.80. The van der Waals surface area contributed by atoms with Crippen molar-refractivity contribution in [3.8, 4) is 0 Å². The molecule has 0 bridgehead atoms. The molecule has 0 aliphatic carbocycles. The lowest BCUT2D eigenvalue weighted by Gasteiger charge is -2.37. The van der Waals surface area contributed by atoms with Gasteiger partial charge in [-0.25, -0.2) is 0 Å². The molecule has 0 spiro atoms. The third-order valence-corrected chi connectivity index (χ3v) is 3.29. The largest absolute Gasteiger partial charge is 0.301 e. The van der Waals surface area contributed by atoms with E-state index in [2.05, 4.69) is 54.1 Å². The maximum absolute atomic E-state index is 2.54. The van der Waals surface area contributed by atoms with Gasteiger partial charge in [0.15, 0.2) is 0 Å². The summed E-state index contributed by atoms with van der Waals surface area (Å²) in [6.07, 6.45) is 0. The first-order valence-electron chi connectivity index (χ1n) is 5.72. The molecule has 0 N–H and O–H groups in total. The molecule has 1 aliphatic rings. The van der Waals surface area contributed by atoms with Gasteiger partial charge in [-0.3, -0.25) is 4.90 Å². The van der Waals surface area contributed by atoms with Crippen LogP contribution in [0.2, 0.25) is 0 Å². The molecule has 0 aromatic heterocycles. The van der Waals surface area contributed by atoms with E-state index in [1.165, 1.54) is 25.2 Å². The van der Waals surface area contributed by atoms with Crippen molar-refractivity contribution in [3.63, 3.8) is 0 Å². The van der Waals surface area contributed by atoms with Crippen molar-refractivity contribution in [2.24, 2.45) is 0 Å². The van der Waals surface area contributed by atoms with Gasteiger partial charge in [-0.05, 0) is 19.5 Å². The minimum atomic E-state index is 0.683. The molecule has 1 unspecified atom stereocenters. The highest BCUT2D eigenvalue weighted by molar-refractivity contribution is 5.14. The number of benzene rings is 1. The summed E-state index contributed by atoms with van der Waals surface area (Å²) in [4.78, 5) is 4.97. The van der Waals surface area contributed by atoms with E-state index in [1.807, 2.05) is 0 Å². The molecule has 0 saturated carbocycles. The van der Waals surface area contributed by atoms with E-state index >= 15 is 0 Å². The second-order valence-corrected chi connectivity index (χ2v) is 4.55. The number of rotatable bonds is 2. The summed E-state index contributed by atoms with van der Waals surface area (Å²) in [7, 11) is 2.21. The molecule has 1 aromatic carbocycles. The summed E-state index contributed by atoms with van der Waals surface area (Å²) in [5.41, 5.74) is 1.43. The molecule has 1 atom stereocenters. The van der Waals surface area contributed by atoms with E-state index in [4.69, 9.17) is 0 Å². The van der Waals surface area contributed by atoms with Crippen LogP contribution in [0.5, 0.6) is 0 Å². The predicted octanol–water partition coefficient (Wildman–Crippen LogP) is 1.82. The van der Waals surface area contributed by atoms with Crippen LogP contribution < -0.4 is 0 Å². The monoisotopic (exact) mass is 204 g/mol. The van der Waals surface area contributed by atoms with Gasteiger partial charge in [-0.1, -0.05) is 30.3 Å². The SMILES string of the molecule is CC1CN(Cc2ccccc2)CCN1C. The highest BCUT2D eigenvalue weighted by Gasteiger charge is 2.20. The first-order chi connectivity index (χ1) is 7.25.